The SMILES string of the molecule is Cc1ccc(C)c(NC(=O)C(=O)Nc2ccccc2C(C)(C)C)c1. The summed E-state index contributed by atoms with van der Waals surface area (Å²) in [5.41, 5.74) is 4.10. The van der Waals surface area contributed by atoms with Crippen LogP contribution in [0.3, 0.4) is 0 Å². The third-order valence-corrected chi connectivity index (χ3v) is 3.83. The molecule has 0 aliphatic heterocycles. The van der Waals surface area contributed by atoms with Crippen LogP contribution in [0.4, 0.5) is 11.4 Å². The van der Waals surface area contributed by atoms with Gasteiger partial charge in [-0.05, 0) is 48.1 Å². The van der Waals surface area contributed by atoms with Crippen molar-refractivity contribution in [3.8, 4) is 0 Å². The number of para-hydroxylation sites is 1. The summed E-state index contributed by atoms with van der Waals surface area (Å²) in [4.78, 5) is 24.5. The number of hydrogen-bond donors (Lipinski definition) is 2. The Bertz CT molecular complexity index is 773. The van der Waals surface area contributed by atoms with Crippen LogP contribution in [0.15, 0.2) is 42.5 Å². The lowest BCUT2D eigenvalue weighted by molar-refractivity contribution is -0.133. The molecule has 0 fully saturated rings. The summed E-state index contributed by atoms with van der Waals surface area (Å²) in [6.45, 7) is 10.0. The van der Waals surface area contributed by atoms with Gasteiger partial charge in [-0.15, -0.1) is 0 Å². The minimum absolute atomic E-state index is 0.131. The Labute approximate surface area is 143 Å². The Kier molecular flexibility index (Phi) is 5.07. The molecule has 126 valence electrons. The van der Waals surface area contributed by atoms with Crippen molar-refractivity contribution in [2.24, 2.45) is 0 Å². The van der Waals surface area contributed by atoms with Gasteiger partial charge in [-0.25, -0.2) is 0 Å². The number of anilines is 2. The molecule has 0 saturated carbocycles. The molecule has 0 aromatic heterocycles. The highest BCUT2D eigenvalue weighted by Crippen LogP contribution is 2.29. The second-order valence-corrected chi connectivity index (χ2v) is 7.02. The van der Waals surface area contributed by atoms with E-state index in [1.807, 2.05) is 56.3 Å². The Morgan fingerprint density at radius 3 is 2.04 bits per heavy atom. The molecule has 4 nitrogen and oxygen atoms in total. The maximum Gasteiger partial charge on any atom is 0.314 e. The number of nitrogens with one attached hydrogen (secondary N) is 2. The zero-order valence-electron chi connectivity index (χ0n) is 14.9. The van der Waals surface area contributed by atoms with Crippen molar-refractivity contribution < 1.29 is 9.59 Å². The van der Waals surface area contributed by atoms with Gasteiger partial charge in [0.05, 0.1) is 0 Å². The molecule has 0 aliphatic carbocycles. The highest BCUT2D eigenvalue weighted by molar-refractivity contribution is 6.43. The summed E-state index contributed by atoms with van der Waals surface area (Å²) in [7, 11) is 0. The van der Waals surface area contributed by atoms with E-state index in [1.54, 1.807) is 0 Å². The number of amides is 2. The first-order valence-electron chi connectivity index (χ1n) is 7.97. The van der Waals surface area contributed by atoms with Crippen LogP contribution in [0, 0.1) is 13.8 Å². The van der Waals surface area contributed by atoms with Gasteiger partial charge in [0, 0.05) is 11.4 Å². The third-order valence-electron chi connectivity index (χ3n) is 3.83. The van der Waals surface area contributed by atoms with Crippen LogP contribution in [0.1, 0.15) is 37.5 Å². The molecule has 2 rings (SSSR count). The van der Waals surface area contributed by atoms with Crippen LogP contribution in [0.25, 0.3) is 0 Å². The fraction of sp³-hybridized carbons (Fsp3) is 0.300. The monoisotopic (exact) mass is 324 g/mol. The quantitative estimate of drug-likeness (QED) is 0.814. The molecule has 0 aliphatic rings. The van der Waals surface area contributed by atoms with E-state index in [-0.39, 0.29) is 5.41 Å². The molecule has 0 saturated heterocycles. The molecule has 4 heteroatoms. The second kappa shape index (κ2) is 6.87. The van der Waals surface area contributed by atoms with Crippen LogP contribution in [-0.2, 0) is 15.0 Å². The van der Waals surface area contributed by atoms with E-state index in [0.29, 0.717) is 11.4 Å². The highest BCUT2D eigenvalue weighted by Gasteiger charge is 2.21. The Balaban J connectivity index is 2.16. The summed E-state index contributed by atoms with van der Waals surface area (Å²) in [5.74, 6) is -1.35. The van der Waals surface area contributed by atoms with Gasteiger partial charge in [-0.3, -0.25) is 9.59 Å². The number of hydrogen-bond acceptors (Lipinski definition) is 2. The van der Waals surface area contributed by atoms with Gasteiger partial charge >= 0.3 is 11.8 Å². The largest absolute Gasteiger partial charge is 0.318 e. The molecule has 24 heavy (non-hydrogen) atoms. The van der Waals surface area contributed by atoms with Crippen molar-refractivity contribution in [2.45, 2.75) is 40.0 Å². The number of carbonyl (C=O) groups is 2. The van der Waals surface area contributed by atoms with Gasteiger partial charge < -0.3 is 10.6 Å². The third kappa shape index (κ3) is 4.22. The van der Waals surface area contributed by atoms with E-state index < -0.39 is 11.8 Å². The minimum atomic E-state index is -0.674. The minimum Gasteiger partial charge on any atom is -0.318 e. The Morgan fingerprint density at radius 2 is 1.42 bits per heavy atom. The lowest BCUT2D eigenvalue weighted by Crippen LogP contribution is -2.30. The van der Waals surface area contributed by atoms with Crippen LogP contribution in [0.2, 0.25) is 0 Å². The van der Waals surface area contributed by atoms with Crippen molar-refractivity contribution in [1.29, 1.82) is 0 Å². The zero-order valence-corrected chi connectivity index (χ0v) is 14.9. The molecule has 0 heterocycles. The lowest BCUT2D eigenvalue weighted by atomic mass is 9.86. The van der Waals surface area contributed by atoms with E-state index in [0.717, 1.165) is 16.7 Å². The number of aryl methyl sites for hydroxylation is 2. The fourth-order valence-corrected chi connectivity index (χ4v) is 2.47. The van der Waals surface area contributed by atoms with Crippen molar-refractivity contribution >= 4 is 23.2 Å². The molecule has 0 unspecified atom stereocenters. The summed E-state index contributed by atoms with van der Waals surface area (Å²) in [6, 6.07) is 13.3. The Hall–Kier alpha value is -2.62. The van der Waals surface area contributed by atoms with Gasteiger partial charge in [0.2, 0.25) is 0 Å². The second-order valence-electron chi connectivity index (χ2n) is 7.02. The van der Waals surface area contributed by atoms with E-state index in [9.17, 15) is 9.59 Å². The summed E-state index contributed by atoms with van der Waals surface area (Å²) >= 11 is 0. The molecule has 0 spiro atoms. The maximum absolute atomic E-state index is 12.3. The average Bonchev–Trinajstić information content (AvgIpc) is 2.50. The van der Waals surface area contributed by atoms with E-state index >= 15 is 0 Å². The first-order chi connectivity index (χ1) is 11.2. The maximum atomic E-state index is 12.3. The molecule has 2 amide bonds. The van der Waals surface area contributed by atoms with Crippen LogP contribution in [0.5, 0.6) is 0 Å². The Morgan fingerprint density at radius 1 is 0.833 bits per heavy atom. The average molecular weight is 324 g/mol. The standard InChI is InChI=1S/C20H24N2O2/c1-13-10-11-14(2)17(12-13)22-19(24)18(23)21-16-9-7-6-8-15(16)20(3,4)5/h6-12H,1-5H3,(H,21,23)(H,22,24). The van der Waals surface area contributed by atoms with Gasteiger partial charge in [0.1, 0.15) is 0 Å². The van der Waals surface area contributed by atoms with Crippen LogP contribution >= 0.6 is 0 Å². The summed E-state index contributed by atoms with van der Waals surface area (Å²) in [5, 5.41) is 5.40. The summed E-state index contributed by atoms with van der Waals surface area (Å²) < 4.78 is 0. The molecule has 2 aromatic rings. The highest BCUT2D eigenvalue weighted by atomic mass is 16.2. The molecular weight excluding hydrogens is 300 g/mol. The normalized spacial score (nSPS) is 11.0. The van der Waals surface area contributed by atoms with Gasteiger partial charge in [-0.1, -0.05) is 51.1 Å². The fourth-order valence-electron chi connectivity index (χ4n) is 2.47. The number of carbonyl (C=O) groups excluding carboxylic acids is 2. The van der Waals surface area contributed by atoms with Crippen molar-refractivity contribution in [3.05, 3.63) is 59.2 Å². The predicted octanol–water partition coefficient (Wildman–Crippen LogP) is 4.18. The van der Waals surface area contributed by atoms with Gasteiger partial charge in [-0.2, -0.15) is 0 Å². The summed E-state index contributed by atoms with van der Waals surface area (Å²) in [6.07, 6.45) is 0. The molecule has 0 bridgehead atoms. The molecule has 2 N–H and O–H groups in total. The van der Waals surface area contributed by atoms with E-state index in [2.05, 4.69) is 31.4 Å². The van der Waals surface area contributed by atoms with Gasteiger partial charge in [0.25, 0.3) is 0 Å². The smallest absolute Gasteiger partial charge is 0.314 e. The lowest BCUT2D eigenvalue weighted by Gasteiger charge is -2.22. The molecular formula is C20H24N2O2. The van der Waals surface area contributed by atoms with E-state index in [1.165, 1.54) is 0 Å². The number of rotatable bonds is 2. The zero-order chi connectivity index (χ0) is 17.9. The van der Waals surface area contributed by atoms with Crippen molar-refractivity contribution in [3.63, 3.8) is 0 Å². The first-order valence-corrected chi connectivity index (χ1v) is 7.97. The van der Waals surface area contributed by atoms with E-state index in [4.69, 9.17) is 0 Å². The topological polar surface area (TPSA) is 58.2 Å². The van der Waals surface area contributed by atoms with Crippen molar-refractivity contribution in [2.75, 3.05) is 10.6 Å². The van der Waals surface area contributed by atoms with Crippen LogP contribution in [-0.4, -0.2) is 11.8 Å². The predicted molar refractivity (Wildman–Crippen MR) is 98.3 cm³/mol. The molecule has 0 atom stereocenters. The van der Waals surface area contributed by atoms with Gasteiger partial charge in [0.15, 0.2) is 0 Å². The molecule has 0 radical (unpaired) electrons. The first kappa shape index (κ1) is 17.7. The van der Waals surface area contributed by atoms with Crippen molar-refractivity contribution in [1.82, 2.24) is 0 Å². The number of benzene rings is 2. The van der Waals surface area contributed by atoms with Crippen LogP contribution < -0.4 is 10.6 Å². The molecule has 2 aromatic carbocycles.